The fraction of sp³-hybridized carbons (Fsp3) is 0.229. The number of esters is 2. The van der Waals surface area contributed by atoms with E-state index in [2.05, 4.69) is 0 Å². The van der Waals surface area contributed by atoms with Crippen molar-refractivity contribution in [3.8, 4) is 11.5 Å². The number of pyridine rings is 1. The molecule has 0 spiro atoms. The van der Waals surface area contributed by atoms with Crippen LogP contribution in [0.1, 0.15) is 38.0 Å². The monoisotopic (exact) mass is 611 g/mol. The van der Waals surface area contributed by atoms with E-state index in [9.17, 15) is 14.4 Å². The number of nitrogens with zero attached hydrogens (tertiary/aromatic N) is 1. The minimum absolute atomic E-state index is 0.246. The van der Waals surface area contributed by atoms with Crippen LogP contribution < -0.4 is 14.9 Å². The van der Waals surface area contributed by atoms with Gasteiger partial charge in [0.25, 0.3) is 0 Å². The van der Waals surface area contributed by atoms with Crippen LogP contribution in [0.5, 0.6) is 11.5 Å². The molecular formula is C35H30ClNO7. The van der Waals surface area contributed by atoms with Gasteiger partial charge >= 0.3 is 11.9 Å². The van der Waals surface area contributed by atoms with Gasteiger partial charge in [0.15, 0.2) is 12.2 Å². The average molecular weight is 612 g/mol. The van der Waals surface area contributed by atoms with E-state index in [1.165, 1.54) is 20.1 Å². The molecule has 1 aliphatic rings. The summed E-state index contributed by atoms with van der Waals surface area (Å²) in [6, 6.07) is 20.2. The number of carbonyl (C=O) groups excluding carboxylic acids is 2. The van der Waals surface area contributed by atoms with Crippen molar-refractivity contribution >= 4 is 62.2 Å². The third kappa shape index (κ3) is 5.05. The molecule has 0 saturated heterocycles. The molecule has 0 radical (unpaired) electrons. The second-order valence-corrected chi connectivity index (χ2v) is 11.7. The minimum Gasteiger partial charge on any atom is -0.496 e. The van der Waals surface area contributed by atoms with Gasteiger partial charge in [0.1, 0.15) is 17.1 Å². The topological polar surface area (TPSA) is 93.1 Å². The van der Waals surface area contributed by atoms with Crippen molar-refractivity contribution in [1.82, 2.24) is 4.57 Å². The van der Waals surface area contributed by atoms with E-state index in [1.807, 2.05) is 48.0 Å². The maximum Gasteiger partial charge on any atom is 0.331 e. The zero-order valence-electron chi connectivity index (χ0n) is 24.8. The van der Waals surface area contributed by atoms with Crippen LogP contribution in [0.25, 0.3) is 38.7 Å². The molecule has 6 rings (SSSR count). The second-order valence-electron chi connectivity index (χ2n) is 11.3. The van der Waals surface area contributed by atoms with Crippen LogP contribution in [0.2, 0.25) is 5.02 Å². The van der Waals surface area contributed by atoms with Gasteiger partial charge in [-0.2, -0.15) is 0 Å². The first-order chi connectivity index (χ1) is 21.0. The zero-order chi connectivity index (χ0) is 31.3. The summed E-state index contributed by atoms with van der Waals surface area (Å²) in [5.41, 5.74) is 0.893. The van der Waals surface area contributed by atoms with Crippen LogP contribution >= 0.6 is 11.6 Å². The summed E-state index contributed by atoms with van der Waals surface area (Å²) in [6.45, 7) is 4.78. The molecule has 2 heterocycles. The molecule has 4 aromatic carbocycles. The maximum atomic E-state index is 14.2. The number of carbonyl (C=O) groups is 2. The molecule has 0 aliphatic carbocycles. The first kappa shape index (κ1) is 29.3. The predicted molar refractivity (Wildman–Crippen MR) is 170 cm³/mol. The van der Waals surface area contributed by atoms with Gasteiger partial charge in [-0.05, 0) is 60.5 Å². The summed E-state index contributed by atoms with van der Waals surface area (Å²) in [4.78, 5) is 39.9. The van der Waals surface area contributed by atoms with E-state index < -0.39 is 29.7 Å². The predicted octanol–water partition coefficient (Wildman–Crippen LogP) is 6.91. The van der Waals surface area contributed by atoms with Crippen LogP contribution in [0.3, 0.4) is 0 Å². The van der Waals surface area contributed by atoms with Gasteiger partial charge in [0, 0.05) is 36.5 Å². The number of ether oxygens (including phenoxy) is 4. The SMILES string of the molecule is COc1cc2c(c3c1c(=O)c1cc4ccccc4cc1n3C)C(OC(C)=O)C(OC(=O)/C=C/c1ccc(Cl)cc1)C(C)(C)O2. The van der Waals surface area contributed by atoms with E-state index in [4.69, 9.17) is 30.5 Å². The maximum absolute atomic E-state index is 14.2. The molecule has 2 atom stereocenters. The first-order valence-electron chi connectivity index (χ1n) is 14.0. The van der Waals surface area contributed by atoms with Crippen LogP contribution in [0.15, 0.2) is 77.6 Å². The smallest absolute Gasteiger partial charge is 0.331 e. The lowest BCUT2D eigenvalue weighted by Gasteiger charge is -2.43. The number of hydrogen-bond donors (Lipinski definition) is 0. The van der Waals surface area contributed by atoms with Gasteiger partial charge in [-0.1, -0.05) is 48.0 Å². The summed E-state index contributed by atoms with van der Waals surface area (Å²) in [6.07, 6.45) is 0.723. The third-order valence-electron chi connectivity index (χ3n) is 7.95. The van der Waals surface area contributed by atoms with Crippen molar-refractivity contribution in [3.05, 3.63) is 99.2 Å². The van der Waals surface area contributed by atoms with Crippen molar-refractivity contribution in [2.24, 2.45) is 7.05 Å². The van der Waals surface area contributed by atoms with Gasteiger partial charge in [0.2, 0.25) is 5.43 Å². The summed E-state index contributed by atoms with van der Waals surface area (Å²) < 4.78 is 25.9. The van der Waals surface area contributed by atoms with Crippen LogP contribution in [-0.4, -0.2) is 35.3 Å². The molecule has 44 heavy (non-hydrogen) atoms. The zero-order valence-corrected chi connectivity index (χ0v) is 25.6. The van der Waals surface area contributed by atoms with Gasteiger partial charge in [-0.15, -0.1) is 0 Å². The summed E-state index contributed by atoms with van der Waals surface area (Å²) in [5.74, 6) is -0.583. The van der Waals surface area contributed by atoms with Crippen LogP contribution in [0, 0.1) is 0 Å². The van der Waals surface area contributed by atoms with Crippen molar-refractivity contribution in [2.75, 3.05) is 7.11 Å². The summed E-state index contributed by atoms with van der Waals surface area (Å²) in [5, 5.41) is 3.26. The molecule has 2 unspecified atom stereocenters. The fourth-order valence-electron chi connectivity index (χ4n) is 5.93. The number of halogens is 1. The number of rotatable bonds is 5. The Kier molecular flexibility index (Phi) is 7.33. The molecular weight excluding hydrogens is 582 g/mol. The van der Waals surface area contributed by atoms with E-state index >= 15 is 0 Å². The van der Waals surface area contributed by atoms with Crippen molar-refractivity contribution < 1.29 is 28.5 Å². The molecule has 0 amide bonds. The molecule has 224 valence electrons. The van der Waals surface area contributed by atoms with E-state index in [1.54, 1.807) is 50.3 Å². The highest BCUT2D eigenvalue weighted by Gasteiger charge is 2.50. The lowest BCUT2D eigenvalue weighted by molar-refractivity contribution is -0.185. The van der Waals surface area contributed by atoms with Crippen LogP contribution in [0.4, 0.5) is 0 Å². The quantitative estimate of drug-likeness (QED) is 0.121. The largest absolute Gasteiger partial charge is 0.496 e. The highest BCUT2D eigenvalue weighted by molar-refractivity contribution is 6.30. The molecule has 1 aromatic heterocycles. The standard InChI is InChI=1S/C35H30ClNO7/c1-19(38)42-33-30-27(44-35(2,3)34(33)43-28(39)15-12-20-10-13-23(36)14-11-20)18-26(41-5)29-31(30)37(4)25-17-22-9-7-6-8-21(22)16-24(25)32(29)40/h6-18,33-34H,1-5H3/b15-12+. The van der Waals surface area contributed by atoms with Gasteiger partial charge < -0.3 is 23.5 Å². The minimum atomic E-state index is -1.14. The normalized spacial score (nSPS) is 17.4. The molecule has 9 heteroatoms. The van der Waals surface area contributed by atoms with Gasteiger partial charge in [-0.25, -0.2) is 4.79 Å². The lowest BCUT2D eigenvalue weighted by atomic mass is 9.86. The molecule has 5 aromatic rings. The van der Waals surface area contributed by atoms with Gasteiger partial charge in [-0.3, -0.25) is 9.59 Å². The molecule has 8 nitrogen and oxygen atoms in total. The Hall–Kier alpha value is -4.82. The third-order valence-corrected chi connectivity index (χ3v) is 8.21. The fourth-order valence-corrected chi connectivity index (χ4v) is 6.06. The Morgan fingerprint density at radius 3 is 2.34 bits per heavy atom. The number of fused-ring (bicyclic) bond motifs is 5. The summed E-state index contributed by atoms with van der Waals surface area (Å²) in [7, 11) is 3.32. The molecule has 0 fully saturated rings. The molecule has 0 N–H and O–H groups in total. The Labute approximate surface area is 258 Å². The van der Waals surface area contributed by atoms with E-state index in [0.717, 1.165) is 16.3 Å². The van der Waals surface area contributed by atoms with Crippen molar-refractivity contribution in [1.29, 1.82) is 0 Å². The Morgan fingerprint density at radius 2 is 1.68 bits per heavy atom. The highest BCUT2D eigenvalue weighted by Crippen LogP contribution is 2.49. The van der Waals surface area contributed by atoms with Crippen molar-refractivity contribution in [2.45, 2.75) is 38.6 Å². The lowest BCUT2D eigenvalue weighted by Crippen LogP contribution is -2.52. The van der Waals surface area contributed by atoms with E-state index in [-0.39, 0.29) is 5.43 Å². The second kappa shape index (κ2) is 11.0. The Morgan fingerprint density at radius 1 is 1.00 bits per heavy atom. The Balaban J connectivity index is 1.56. The van der Waals surface area contributed by atoms with Gasteiger partial charge in [0.05, 0.1) is 29.1 Å². The average Bonchev–Trinajstić information content (AvgIpc) is 2.99. The Bertz CT molecular complexity index is 2060. The van der Waals surface area contributed by atoms with Crippen LogP contribution in [-0.2, 0) is 26.1 Å². The number of hydrogen-bond acceptors (Lipinski definition) is 7. The molecule has 1 aliphatic heterocycles. The first-order valence-corrected chi connectivity index (χ1v) is 14.4. The number of methoxy groups -OCH3 is 1. The number of benzene rings is 4. The van der Waals surface area contributed by atoms with E-state index in [0.29, 0.717) is 43.9 Å². The highest BCUT2D eigenvalue weighted by atomic mass is 35.5. The molecule has 0 bridgehead atoms. The van der Waals surface area contributed by atoms with Crippen molar-refractivity contribution in [3.63, 3.8) is 0 Å². The molecule has 0 saturated carbocycles. The number of aryl methyl sites for hydroxylation is 1. The number of aromatic nitrogens is 1. The summed E-state index contributed by atoms with van der Waals surface area (Å²) >= 11 is 5.97.